The third kappa shape index (κ3) is 1.19. The van der Waals surface area contributed by atoms with Crippen LogP contribution in [0.4, 0.5) is 5.69 Å². The number of anilines is 1. The van der Waals surface area contributed by atoms with Crippen molar-refractivity contribution in [1.82, 2.24) is 0 Å². The molecule has 1 aliphatic heterocycles. The molecule has 0 radical (unpaired) electrons. The highest BCUT2D eigenvalue weighted by molar-refractivity contribution is 6.04. The Kier molecular flexibility index (Phi) is 2.67. The summed E-state index contributed by atoms with van der Waals surface area (Å²) in [5, 5.41) is 1.17. The van der Waals surface area contributed by atoms with Crippen molar-refractivity contribution < 1.29 is 19.1 Å². The molecule has 2 rings (SSSR count). The maximum atomic E-state index is 12.1. The Hall–Kier alpha value is -1.43. The van der Waals surface area contributed by atoms with Gasteiger partial charge in [0.1, 0.15) is 0 Å². The molecule has 16 heavy (non-hydrogen) atoms. The van der Waals surface area contributed by atoms with Crippen LogP contribution in [0.25, 0.3) is 0 Å². The number of para-hydroxylation sites is 1. The molecule has 0 aliphatic carbocycles. The molecule has 1 aromatic rings. The van der Waals surface area contributed by atoms with Crippen LogP contribution in [-0.2, 0) is 24.9 Å². The molecule has 0 fully saturated rings. The SMILES string of the molecule is CON1C(=O)C(OC)(OC)c2ccccc21. The number of hydrogen-bond donors (Lipinski definition) is 0. The average molecular weight is 223 g/mol. The zero-order chi connectivity index (χ0) is 11.8. The molecule has 86 valence electrons. The zero-order valence-electron chi connectivity index (χ0n) is 9.39. The first-order valence-corrected chi connectivity index (χ1v) is 4.79. The van der Waals surface area contributed by atoms with E-state index in [-0.39, 0.29) is 5.91 Å². The topological polar surface area (TPSA) is 48.0 Å². The van der Waals surface area contributed by atoms with E-state index in [1.807, 2.05) is 12.1 Å². The van der Waals surface area contributed by atoms with Gasteiger partial charge in [-0.2, -0.15) is 5.06 Å². The van der Waals surface area contributed by atoms with Gasteiger partial charge in [0.2, 0.25) is 0 Å². The van der Waals surface area contributed by atoms with Gasteiger partial charge in [0.25, 0.3) is 5.79 Å². The smallest absolute Gasteiger partial charge is 0.316 e. The lowest BCUT2D eigenvalue weighted by atomic mass is 10.1. The van der Waals surface area contributed by atoms with Gasteiger partial charge in [-0.25, -0.2) is 0 Å². The number of carbonyl (C=O) groups is 1. The summed E-state index contributed by atoms with van der Waals surface area (Å²) < 4.78 is 10.5. The second-order valence-corrected chi connectivity index (χ2v) is 3.32. The van der Waals surface area contributed by atoms with Crippen LogP contribution >= 0.6 is 0 Å². The van der Waals surface area contributed by atoms with Gasteiger partial charge in [-0.05, 0) is 6.07 Å². The lowest BCUT2D eigenvalue weighted by molar-refractivity contribution is -0.212. The van der Waals surface area contributed by atoms with E-state index in [1.165, 1.54) is 26.4 Å². The van der Waals surface area contributed by atoms with Crippen LogP contribution in [0.3, 0.4) is 0 Å². The Labute approximate surface area is 93.5 Å². The van der Waals surface area contributed by atoms with Gasteiger partial charge in [-0.3, -0.25) is 9.63 Å². The van der Waals surface area contributed by atoms with Gasteiger partial charge < -0.3 is 9.47 Å². The van der Waals surface area contributed by atoms with Crippen molar-refractivity contribution in [3.05, 3.63) is 29.8 Å². The number of benzene rings is 1. The Morgan fingerprint density at radius 2 is 1.75 bits per heavy atom. The van der Waals surface area contributed by atoms with E-state index < -0.39 is 5.79 Å². The molecule has 1 heterocycles. The molecule has 0 atom stereocenters. The third-order valence-electron chi connectivity index (χ3n) is 2.70. The molecule has 0 spiro atoms. The van der Waals surface area contributed by atoms with Crippen molar-refractivity contribution in [2.75, 3.05) is 26.4 Å². The number of amides is 1. The lowest BCUT2D eigenvalue weighted by Crippen LogP contribution is -2.42. The fourth-order valence-corrected chi connectivity index (χ4v) is 1.95. The summed E-state index contributed by atoms with van der Waals surface area (Å²) in [6, 6.07) is 7.19. The molecule has 0 N–H and O–H groups in total. The predicted molar refractivity (Wildman–Crippen MR) is 56.6 cm³/mol. The van der Waals surface area contributed by atoms with Crippen LogP contribution in [0.1, 0.15) is 5.56 Å². The minimum Gasteiger partial charge on any atom is -0.342 e. The second-order valence-electron chi connectivity index (χ2n) is 3.32. The highest BCUT2D eigenvalue weighted by Gasteiger charge is 2.53. The number of methoxy groups -OCH3 is 2. The van der Waals surface area contributed by atoms with Crippen molar-refractivity contribution >= 4 is 11.6 Å². The normalized spacial score (nSPS) is 17.7. The van der Waals surface area contributed by atoms with Crippen LogP contribution < -0.4 is 5.06 Å². The summed E-state index contributed by atoms with van der Waals surface area (Å²) in [4.78, 5) is 17.2. The van der Waals surface area contributed by atoms with E-state index in [2.05, 4.69) is 0 Å². The summed E-state index contributed by atoms with van der Waals surface area (Å²) in [6.07, 6.45) is 0. The van der Waals surface area contributed by atoms with Crippen molar-refractivity contribution in [2.24, 2.45) is 0 Å². The lowest BCUT2D eigenvalue weighted by Gasteiger charge is -2.24. The van der Waals surface area contributed by atoms with E-state index in [4.69, 9.17) is 14.3 Å². The van der Waals surface area contributed by atoms with Gasteiger partial charge in [-0.1, -0.05) is 18.2 Å². The van der Waals surface area contributed by atoms with Crippen LogP contribution in [-0.4, -0.2) is 27.2 Å². The monoisotopic (exact) mass is 223 g/mol. The van der Waals surface area contributed by atoms with Gasteiger partial charge in [0, 0.05) is 19.8 Å². The van der Waals surface area contributed by atoms with Gasteiger partial charge in [0.05, 0.1) is 12.8 Å². The zero-order valence-corrected chi connectivity index (χ0v) is 9.39. The van der Waals surface area contributed by atoms with E-state index in [1.54, 1.807) is 12.1 Å². The molecule has 1 aliphatic rings. The first-order chi connectivity index (χ1) is 7.71. The molecule has 0 unspecified atom stereocenters. The largest absolute Gasteiger partial charge is 0.342 e. The summed E-state index contributed by atoms with van der Waals surface area (Å²) >= 11 is 0. The van der Waals surface area contributed by atoms with Gasteiger partial charge in [0.15, 0.2) is 0 Å². The molecular formula is C11H13NO4. The summed E-state index contributed by atoms with van der Waals surface area (Å²) in [6.45, 7) is 0. The number of hydroxylamine groups is 1. The van der Waals surface area contributed by atoms with Crippen LogP contribution in [0.15, 0.2) is 24.3 Å². The van der Waals surface area contributed by atoms with Crippen LogP contribution in [0.2, 0.25) is 0 Å². The highest BCUT2D eigenvalue weighted by Crippen LogP contribution is 2.42. The first kappa shape index (κ1) is 11.1. The standard InChI is InChI=1S/C11H13NO4/c1-14-11(15-2)8-6-4-5-7-9(8)12(16-3)10(11)13/h4-7H,1-3H3. The van der Waals surface area contributed by atoms with Crippen LogP contribution in [0, 0.1) is 0 Å². The number of fused-ring (bicyclic) bond motifs is 1. The summed E-state index contributed by atoms with van der Waals surface area (Å²) in [5.41, 5.74) is 1.28. The highest BCUT2D eigenvalue weighted by atomic mass is 16.7. The molecule has 0 aromatic heterocycles. The molecule has 5 nitrogen and oxygen atoms in total. The van der Waals surface area contributed by atoms with Crippen LogP contribution in [0.5, 0.6) is 0 Å². The number of ether oxygens (including phenoxy) is 2. The third-order valence-corrected chi connectivity index (χ3v) is 2.70. The Morgan fingerprint density at radius 3 is 2.31 bits per heavy atom. The van der Waals surface area contributed by atoms with E-state index in [0.717, 1.165) is 0 Å². The number of hydrogen-bond acceptors (Lipinski definition) is 4. The quantitative estimate of drug-likeness (QED) is 0.718. The van der Waals surface area contributed by atoms with E-state index in [0.29, 0.717) is 11.3 Å². The molecular weight excluding hydrogens is 210 g/mol. The Balaban J connectivity index is 2.63. The predicted octanol–water partition coefficient (Wildman–Crippen LogP) is 1.04. The number of rotatable bonds is 3. The molecule has 0 saturated heterocycles. The Morgan fingerprint density at radius 1 is 1.12 bits per heavy atom. The molecule has 1 aromatic carbocycles. The average Bonchev–Trinajstić information content (AvgIpc) is 2.58. The molecule has 0 bridgehead atoms. The van der Waals surface area contributed by atoms with Crippen molar-refractivity contribution in [2.45, 2.75) is 5.79 Å². The number of carbonyl (C=O) groups excluding carboxylic acids is 1. The van der Waals surface area contributed by atoms with E-state index in [9.17, 15) is 4.79 Å². The summed E-state index contributed by atoms with van der Waals surface area (Å²) in [5.74, 6) is -1.78. The first-order valence-electron chi connectivity index (χ1n) is 4.79. The molecule has 5 heteroatoms. The van der Waals surface area contributed by atoms with Crippen molar-refractivity contribution in [1.29, 1.82) is 0 Å². The minimum absolute atomic E-state index is 0.388. The fraction of sp³-hybridized carbons (Fsp3) is 0.364. The molecule has 0 saturated carbocycles. The van der Waals surface area contributed by atoms with Gasteiger partial charge in [-0.15, -0.1) is 0 Å². The van der Waals surface area contributed by atoms with Gasteiger partial charge >= 0.3 is 5.91 Å². The van der Waals surface area contributed by atoms with Crippen molar-refractivity contribution in [3.63, 3.8) is 0 Å². The molecule has 1 amide bonds. The minimum atomic E-state index is -1.40. The summed E-state index contributed by atoms with van der Waals surface area (Å²) in [7, 11) is 4.28. The maximum Gasteiger partial charge on any atom is 0.316 e. The second kappa shape index (κ2) is 3.86. The maximum absolute atomic E-state index is 12.1. The Bertz CT molecular complexity index is 414. The fourth-order valence-electron chi connectivity index (χ4n) is 1.95. The van der Waals surface area contributed by atoms with Crippen molar-refractivity contribution in [3.8, 4) is 0 Å². The van der Waals surface area contributed by atoms with E-state index >= 15 is 0 Å². The number of nitrogens with zero attached hydrogens (tertiary/aromatic N) is 1.